The second-order valence-electron chi connectivity index (χ2n) is 4.78. The van der Waals surface area contributed by atoms with Crippen molar-refractivity contribution < 1.29 is 24.5 Å². The van der Waals surface area contributed by atoms with Gasteiger partial charge in [-0.15, -0.1) is 0 Å². The maximum atomic E-state index is 11.2. The number of carbonyl (C=O) groups is 2. The lowest BCUT2D eigenvalue weighted by molar-refractivity contribution is -0.146. The molecule has 2 atom stereocenters. The molecule has 0 amide bonds. The average molecular weight is 368 g/mol. The van der Waals surface area contributed by atoms with Crippen LogP contribution in [0, 0.1) is 0 Å². The molecule has 116 valence electrons. The first-order chi connectivity index (χ1) is 10.4. The number of halogens is 1. The van der Waals surface area contributed by atoms with Crippen molar-refractivity contribution in [1.29, 1.82) is 0 Å². The Morgan fingerprint density at radius 2 is 1.73 bits per heavy atom. The van der Waals surface area contributed by atoms with Crippen molar-refractivity contribution in [2.24, 2.45) is 5.73 Å². The molecule has 7 heteroatoms. The topological polar surface area (TPSA) is 110 Å². The van der Waals surface area contributed by atoms with Gasteiger partial charge >= 0.3 is 11.9 Å². The Morgan fingerprint density at radius 1 is 1.09 bits per heavy atom. The van der Waals surface area contributed by atoms with Crippen LogP contribution in [0.4, 0.5) is 0 Å². The quantitative estimate of drug-likeness (QED) is 0.721. The standard InChI is InChI=1S/C15H14BrNO5/c16-10-3-1-9-6-11(4-2-8(9)5-10)22-13(15(20)21)7-12(17)14(18)19/h1-6,12-13H,7,17H2,(H,18,19)(H,20,21)/t12-,13-/m0/s1. The molecule has 0 spiro atoms. The van der Waals surface area contributed by atoms with Crippen molar-refractivity contribution >= 4 is 38.6 Å². The second-order valence-corrected chi connectivity index (χ2v) is 5.69. The van der Waals surface area contributed by atoms with E-state index in [1.165, 1.54) is 0 Å². The first-order valence-electron chi connectivity index (χ1n) is 6.44. The highest BCUT2D eigenvalue weighted by Gasteiger charge is 2.26. The number of fused-ring (bicyclic) bond motifs is 1. The van der Waals surface area contributed by atoms with Crippen LogP contribution in [0.2, 0.25) is 0 Å². The highest BCUT2D eigenvalue weighted by molar-refractivity contribution is 9.10. The fourth-order valence-electron chi connectivity index (χ4n) is 1.96. The average Bonchev–Trinajstić information content (AvgIpc) is 2.46. The lowest BCUT2D eigenvalue weighted by atomic mass is 10.1. The molecule has 0 aromatic heterocycles. The summed E-state index contributed by atoms with van der Waals surface area (Å²) in [4.78, 5) is 21.9. The lowest BCUT2D eigenvalue weighted by Gasteiger charge is -2.17. The summed E-state index contributed by atoms with van der Waals surface area (Å²) in [6, 6.07) is 9.49. The molecule has 0 heterocycles. The molecule has 6 nitrogen and oxygen atoms in total. The van der Waals surface area contributed by atoms with E-state index in [1.807, 2.05) is 18.2 Å². The summed E-state index contributed by atoms with van der Waals surface area (Å²) in [6.07, 6.45) is -1.64. The minimum Gasteiger partial charge on any atom is -0.480 e. The Bertz CT molecular complexity index is 718. The molecule has 0 fully saturated rings. The number of ether oxygens (including phenoxy) is 1. The molecular formula is C15H14BrNO5. The predicted molar refractivity (Wildman–Crippen MR) is 83.9 cm³/mol. The number of rotatable bonds is 6. The van der Waals surface area contributed by atoms with Crippen molar-refractivity contribution in [2.45, 2.75) is 18.6 Å². The van der Waals surface area contributed by atoms with Crippen LogP contribution in [0.1, 0.15) is 6.42 Å². The van der Waals surface area contributed by atoms with E-state index in [0.29, 0.717) is 5.75 Å². The molecule has 2 aromatic rings. The van der Waals surface area contributed by atoms with Crippen LogP contribution in [0.5, 0.6) is 5.75 Å². The molecule has 2 aromatic carbocycles. The molecule has 2 rings (SSSR count). The summed E-state index contributed by atoms with van der Waals surface area (Å²) in [7, 11) is 0. The van der Waals surface area contributed by atoms with Crippen LogP contribution in [-0.2, 0) is 9.59 Å². The first kappa shape index (κ1) is 16.3. The van der Waals surface area contributed by atoms with Crippen molar-refractivity contribution in [1.82, 2.24) is 0 Å². The van der Waals surface area contributed by atoms with Crippen LogP contribution in [0.25, 0.3) is 10.8 Å². The van der Waals surface area contributed by atoms with Crippen LogP contribution in [-0.4, -0.2) is 34.3 Å². The van der Waals surface area contributed by atoms with E-state index < -0.39 is 24.1 Å². The van der Waals surface area contributed by atoms with Crippen LogP contribution in [0.3, 0.4) is 0 Å². The third-order valence-electron chi connectivity index (χ3n) is 3.11. The second kappa shape index (κ2) is 6.76. The van der Waals surface area contributed by atoms with E-state index in [1.54, 1.807) is 18.2 Å². The van der Waals surface area contributed by atoms with Crippen molar-refractivity contribution in [3.63, 3.8) is 0 Å². The summed E-state index contributed by atoms with van der Waals surface area (Å²) < 4.78 is 6.32. The smallest absolute Gasteiger partial charge is 0.344 e. The Balaban J connectivity index is 2.21. The van der Waals surface area contributed by atoms with Gasteiger partial charge in [0.1, 0.15) is 11.8 Å². The van der Waals surface area contributed by atoms with Gasteiger partial charge in [-0.05, 0) is 35.0 Å². The van der Waals surface area contributed by atoms with Gasteiger partial charge in [0.15, 0.2) is 6.10 Å². The van der Waals surface area contributed by atoms with Gasteiger partial charge in [0.05, 0.1) is 0 Å². The van der Waals surface area contributed by atoms with Crippen LogP contribution >= 0.6 is 15.9 Å². The van der Waals surface area contributed by atoms with Gasteiger partial charge in [-0.3, -0.25) is 4.79 Å². The normalized spacial score (nSPS) is 13.5. The molecule has 0 saturated heterocycles. The molecule has 0 aliphatic heterocycles. The van der Waals surface area contributed by atoms with Crippen molar-refractivity contribution in [3.8, 4) is 5.75 Å². The Kier molecular flexibility index (Phi) is 4.99. The van der Waals surface area contributed by atoms with Gasteiger partial charge in [-0.1, -0.05) is 28.1 Å². The number of aliphatic carboxylic acids is 2. The number of benzene rings is 2. The van der Waals surface area contributed by atoms with Gasteiger partial charge in [-0.25, -0.2) is 4.79 Å². The predicted octanol–water partition coefficient (Wildman–Crippen LogP) is 2.24. The third-order valence-corrected chi connectivity index (χ3v) is 3.61. The monoisotopic (exact) mass is 367 g/mol. The van der Waals surface area contributed by atoms with E-state index >= 15 is 0 Å². The minimum atomic E-state index is -1.32. The largest absolute Gasteiger partial charge is 0.480 e. The Hall–Kier alpha value is -2.12. The van der Waals surface area contributed by atoms with Gasteiger partial charge < -0.3 is 20.7 Å². The SMILES string of the molecule is N[C@@H](C[C@H](Oc1ccc2cc(Br)ccc2c1)C(=O)O)C(=O)O. The molecule has 22 heavy (non-hydrogen) atoms. The summed E-state index contributed by atoms with van der Waals surface area (Å²) >= 11 is 3.37. The molecule has 0 aliphatic rings. The fraction of sp³-hybridized carbons (Fsp3) is 0.200. The number of hydrogen-bond donors (Lipinski definition) is 3. The summed E-state index contributed by atoms with van der Waals surface area (Å²) in [5.74, 6) is -2.18. The Morgan fingerprint density at radius 3 is 2.36 bits per heavy atom. The maximum absolute atomic E-state index is 11.2. The minimum absolute atomic E-state index is 0.316. The Labute approximate surface area is 134 Å². The van der Waals surface area contributed by atoms with E-state index in [9.17, 15) is 9.59 Å². The van der Waals surface area contributed by atoms with Gasteiger partial charge in [0.2, 0.25) is 0 Å². The molecule has 0 bridgehead atoms. The summed E-state index contributed by atoms with van der Waals surface area (Å²) in [6.45, 7) is 0. The van der Waals surface area contributed by atoms with Gasteiger partial charge in [-0.2, -0.15) is 0 Å². The van der Waals surface area contributed by atoms with Gasteiger partial charge in [0, 0.05) is 10.9 Å². The van der Waals surface area contributed by atoms with Crippen molar-refractivity contribution in [2.75, 3.05) is 0 Å². The molecule has 4 N–H and O–H groups in total. The summed E-state index contributed by atoms with van der Waals surface area (Å²) in [5.41, 5.74) is 5.37. The number of carboxylic acid groups (broad SMARTS) is 2. The summed E-state index contributed by atoms with van der Waals surface area (Å²) in [5, 5.41) is 19.8. The van der Waals surface area contributed by atoms with Crippen LogP contribution in [0.15, 0.2) is 40.9 Å². The number of nitrogens with two attached hydrogens (primary N) is 1. The lowest BCUT2D eigenvalue weighted by Crippen LogP contribution is -2.39. The zero-order valence-corrected chi connectivity index (χ0v) is 13.0. The number of hydrogen-bond acceptors (Lipinski definition) is 4. The zero-order chi connectivity index (χ0) is 16.3. The van der Waals surface area contributed by atoms with E-state index in [0.717, 1.165) is 15.2 Å². The zero-order valence-electron chi connectivity index (χ0n) is 11.4. The molecule has 0 aliphatic carbocycles. The number of carboxylic acids is 2. The molecule has 0 radical (unpaired) electrons. The van der Waals surface area contributed by atoms with Crippen LogP contribution < -0.4 is 10.5 Å². The first-order valence-corrected chi connectivity index (χ1v) is 7.23. The highest BCUT2D eigenvalue weighted by Crippen LogP contribution is 2.25. The maximum Gasteiger partial charge on any atom is 0.344 e. The van der Waals surface area contributed by atoms with Crippen molar-refractivity contribution in [3.05, 3.63) is 40.9 Å². The third kappa shape index (κ3) is 3.96. The van der Waals surface area contributed by atoms with E-state index in [4.69, 9.17) is 20.7 Å². The molecular weight excluding hydrogens is 354 g/mol. The highest BCUT2D eigenvalue weighted by atomic mass is 79.9. The van der Waals surface area contributed by atoms with E-state index in [2.05, 4.69) is 15.9 Å². The van der Waals surface area contributed by atoms with E-state index in [-0.39, 0.29) is 6.42 Å². The molecule has 0 saturated carbocycles. The molecule has 0 unspecified atom stereocenters. The van der Waals surface area contributed by atoms with Gasteiger partial charge in [0.25, 0.3) is 0 Å². The fourth-order valence-corrected chi connectivity index (χ4v) is 2.34.